The van der Waals surface area contributed by atoms with Gasteiger partial charge in [-0.1, -0.05) is 32.4 Å². The highest BCUT2D eigenvalue weighted by Crippen LogP contribution is 2.26. The summed E-state index contributed by atoms with van der Waals surface area (Å²) in [6.07, 6.45) is 2.94. The number of hydrogen-bond donors (Lipinski definition) is 2. The zero-order valence-corrected chi connectivity index (χ0v) is 12.4. The maximum Gasteiger partial charge on any atom is 0.229 e. The van der Waals surface area contributed by atoms with Crippen molar-refractivity contribution in [3.8, 4) is 0 Å². The highest BCUT2D eigenvalue weighted by molar-refractivity contribution is 5.93. The Morgan fingerprint density at radius 1 is 1.37 bits per heavy atom. The monoisotopic (exact) mass is 282 g/mol. The number of benzene rings is 1. The lowest BCUT2D eigenvalue weighted by Crippen LogP contribution is -2.34. The van der Waals surface area contributed by atoms with Crippen molar-refractivity contribution in [1.82, 2.24) is 0 Å². The van der Waals surface area contributed by atoms with Crippen LogP contribution in [0.25, 0.3) is 0 Å². The van der Waals surface area contributed by atoms with Crippen molar-refractivity contribution in [2.75, 3.05) is 5.32 Å². The molecule has 1 aromatic rings. The number of carbonyl (C=O) groups is 1. The molecular formula is C15H23ClN2O. The van der Waals surface area contributed by atoms with Gasteiger partial charge in [-0.2, -0.15) is 0 Å². The molecule has 0 heterocycles. The van der Waals surface area contributed by atoms with Gasteiger partial charge in [0.25, 0.3) is 0 Å². The molecule has 2 rings (SSSR count). The van der Waals surface area contributed by atoms with Gasteiger partial charge in [0.15, 0.2) is 0 Å². The van der Waals surface area contributed by atoms with E-state index in [1.54, 1.807) is 0 Å². The minimum Gasteiger partial charge on any atom is -0.327 e. The highest BCUT2D eigenvalue weighted by atomic mass is 35.5. The van der Waals surface area contributed by atoms with E-state index in [4.69, 9.17) is 5.73 Å². The summed E-state index contributed by atoms with van der Waals surface area (Å²) in [4.78, 5) is 12.1. The van der Waals surface area contributed by atoms with Crippen molar-refractivity contribution in [2.45, 2.75) is 45.1 Å². The summed E-state index contributed by atoms with van der Waals surface area (Å²) in [6.45, 7) is 4.29. The van der Waals surface area contributed by atoms with Crippen LogP contribution >= 0.6 is 12.4 Å². The van der Waals surface area contributed by atoms with Gasteiger partial charge in [0.05, 0.1) is 5.92 Å². The molecular weight excluding hydrogens is 260 g/mol. The van der Waals surface area contributed by atoms with E-state index < -0.39 is 0 Å². The first-order chi connectivity index (χ1) is 8.58. The lowest BCUT2D eigenvalue weighted by atomic mass is 10.0. The number of halogens is 1. The van der Waals surface area contributed by atoms with Crippen LogP contribution in [0.2, 0.25) is 0 Å². The Balaban J connectivity index is 0.00000180. The summed E-state index contributed by atoms with van der Waals surface area (Å²) in [5.41, 5.74) is 8.07. The first-order valence-electron chi connectivity index (χ1n) is 6.74. The van der Waals surface area contributed by atoms with E-state index in [0.717, 1.165) is 24.9 Å². The summed E-state index contributed by atoms with van der Waals surface area (Å²) in [6, 6.07) is 8.08. The van der Waals surface area contributed by atoms with E-state index in [1.807, 2.05) is 18.2 Å². The summed E-state index contributed by atoms with van der Waals surface area (Å²) in [5, 5.41) is 2.99. The van der Waals surface area contributed by atoms with Gasteiger partial charge >= 0.3 is 0 Å². The Morgan fingerprint density at radius 2 is 2.11 bits per heavy atom. The van der Waals surface area contributed by atoms with Crippen molar-refractivity contribution < 1.29 is 4.79 Å². The summed E-state index contributed by atoms with van der Waals surface area (Å²) in [5.74, 6) is 0.518. The zero-order chi connectivity index (χ0) is 13.1. The Bertz CT molecular complexity index is 434. The molecule has 0 radical (unpaired) electrons. The van der Waals surface area contributed by atoms with Crippen LogP contribution in [0.5, 0.6) is 0 Å². The number of rotatable bonds is 3. The second-order valence-corrected chi connectivity index (χ2v) is 5.47. The van der Waals surface area contributed by atoms with Crippen LogP contribution in [0.3, 0.4) is 0 Å². The second kappa shape index (κ2) is 6.92. The highest BCUT2D eigenvalue weighted by Gasteiger charge is 2.30. The molecule has 0 aromatic heterocycles. The Morgan fingerprint density at radius 3 is 2.68 bits per heavy atom. The first kappa shape index (κ1) is 16.0. The van der Waals surface area contributed by atoms with Crippen LogP contribution in [0.1, 0.15) is 44.6 Å². The van der Waals surface area contributed by atoms with E-state index in [9.17, 15) is 4.79 Å². The lowest BCUT2D eigenvalue weighted by Gasteiger charge is -2.16. The van der Waals surface area contributed by atoms with Crippen molar-refractivity contribution in [1.29, 1.82) is 0 Å². The number of nitrogens with one attached hydrogen (secondary N) is 1. The van der Waals surface area contributed by atoms with E-state index >= 15 is 0 Å². The van der Waals surface area contributed by atoms with Crippen LogP contribution in [0, 0.1) is 5.92 Å². The van der Waals surface area contributed by atoms with Crippen LogP contribution in [-0.4, -0.2) is 11.9 Å². The second-order valence-electron chi connectivity index (χ2n) is 5.47. The van der Waals surface area contributed by atoms with E-state index in [2.05, 4.69) is 25.2 Å². The molecule has 1 aliphatic rings. The van der Waals surface area contributed by atoms with Gasteiger partial charge in [-0.15, -0.1) is 12.4 Å². The van der Waals surface area contributed by atoms with Crippen LogP contribution < -0.4 is 11.1 Å². The van der Waals surface area contributed by atoms with E-state index in [0.29, 0.717) is 5.92 Å². The molecule has 0 aliphatic heterocycles. The van der Waals surface area contributed by atoms with E-state index in [1.165, 1.54) is 5.56 Å². The quantitative estimate of drug-likeness (QED) is 0.894. The van der Waals surface area contributed by atoms with Gasteiger partial charge in [0.2, 0.25) is 5.91 Å². The molecule has 1 fully saturated rings. The topological polar surface area (TPSA) is 55.1 Å². The van der Waals surface area contributed by atoms with Crippen molar-refractivity contribution in [3.63, 3.8) is 0 Å². The average Bonchev–Trinajstić information content (AvgIpc) is 2.76. The largest absolute Gasteiger partial charge is 0.327 e. The molecule has 4 heteroatoms. The minimum atomic E-state index is -0.0206. The summed E-state index contributed by atoms with van der Waals surface area (Å²) < 4.78 is 0. The van der Waals surface area contributed by atoms with Gasteiger partial charge in [0.1, 0.15) is 0 Å². The lowest BCUT2D eigenvalue weighted by molar-refractivity contribution is -0.120. The smallest absolute Gasteiger partial charge is 0.229 e. The van der Waals surface area contributed by atoms with Crippen molar-refractivity contribution >= 4 is 24.0 Å². The van der Waals surface area contributed by atoms with Gasteiger partial charge in [-0.05, 0) is 36.5 Å². The Hall–Kier alpha value is -1.06. The third-order valence-corrected chi connectivity index (χ3v) is 3.73. The van der Waals surface area contributed by atoms with Gasteiger partial charge < -0.3 is 11.1 Å². The molecule has 1 aliphatic carbocycles. The molecule has 1 saturated carbocycles. The Labute approximate surface area is 121 Å². The number of amides is 1. The van der Waals surface area contributed by atoms with Crippen molar-refractivity contribution in [2.24, 2.45) is 11.7 Å². The first-order valence-corrected chi connectivity index (χ1v) is 6.74. The fourth-order valence-electron chi connectivity index (χ4n) is 2.52. The number of carbonyl (C=O) groups excluding carboxylic acids is 1. The molecule has 3 nitrogen and oxygen atoms in total. The molecule has 1 amide bonds. The molecule has 19 heavy (non-hydrogen) atoms. The molecule has 2 atom stereocenters. The third-order valence-electron chi connectivity index (χ3n) is 3.73. The molecule has 3 N–H and O–H groups in total. The maximum absolute atomic E-state index is 12.1. The van der Waals surface area contributed by atoms with E-state index in [-0.39, 0.29) is 30.3 Å². The normalized spacial score (nSPS) is 22.1. The molecule has 0 spiro atoms. The van der Waals surface area contributed by atoms with Crippen LogP contribution in [-0.2, 0) is 4.79 Å². The molecule has 2 unspecified atom stereocenters. The fourth-order valence-corrected chi connectivity index (χ4v) is 2.52. The average molecular weight is 283 g/mol. The predicted octanol–water partition coefficient (Wildman–Crippen LogP) is 3.30. The fraction of sp³-hybridized carbons (Fsp3) is 0.533. The molecule has 106 valence electrons. The summed E-state index contributed by atoms with van der Waals surface area (Å²) >= 11 is 0. The molecule has 0 saturated heterocycles. The van der Waals surface area contributed by atoms with Gasteiger partial charge in [0, 0.05) is 11.7 Å². The zero-order valence-electron chi connectivity index (χ0n) is 11.6. The molecule has 1 aromatic carbocycles. The van der Waals surface area contributed by atoms with Gasteiger partial charge in [-0.25, -0.2) is 0 Å². The third kappa shape index (κ3) is 3.95. The maximum atomic E-state index is 12.1. The number of hydrogen-bond acceptors (Lipinski definition) is 2. The molecule has 0 bridgehead atoms. The van der Waals surface area contributed by atoms with Crippen LogP contribution in [0.4, 0.5) is 5.69 Å². The number of anilines is 1. The minimum absolute atomic E-state index is 0. The van der Waals surface area contributed by atoms with Crippen LogP contribution in [0.15, 0.2) is 24.3 Å². The predicted molar refractivity (Wildman–Crippen MR) is 81.7 cm³/mol. The standard InChI is InChI=1S/C15H22N2O.ClH/c1-10(2)11-5-3-6-12(9-11)17-15(18)13-7-4-8-14(13)16;/h3,5-6,9-10,13-14H,4,7-8,16H2,1-2H3,(H,17,18);1H. The Kier molecular flexibility index (Phi) is 5.83. The van der Waals surface area contributed by atoms with Gasteiger partial charge in [-0.3, -0.25) is 4.79 Å². The number of nitrogens with two attached hydrogens (primary N) is 1. The summed E-state index contributed by atoms with van der Waals surface area (Å²) in [7, 11) is 0. The SMILES string of the molecule is CC(C)c1cccc(NC(=O)C2CCCC2N)c1.Cl. The van der Waals surface area contributed by atoms with Crippen molar-refractivity contribution in [3.05, 3.63) is 29.8 Å².